The highest BCUT2D eigenvalue weighted by molar-refractivity contribution is 5.71. The molecular weight excluding hydrogens is 356 g/mol. The number of aliphatic carboxylic acids is 1. The van der Waals surface area contributed by atoms with E-state index < -0.39 is 12.1 Å². The van der Waals surface area contributed by atoms with Gasteiger partial charge in [0.2, 0.25) is 0 Å². The summed E-state index contributed by atoms with van der Waals surface area (Å²) in [5, 5.41) is 24.3. The van der Waals surface area contributed by atoms with Crippen molar-refractivity contribution in [1.29, 1.82) is 0 Å². The Morgan fingerprint density at radius 1 is 0.714 bits per heavy atom. The summed E-state index contributed by atoms with van der Waals surface area (Å²) in [6.45, 7) is 4.95. The Morgan fingerprint density at radius 3 is 1.32 bits per heavy atom. The molecule has 0 aliphatic rings. The first-order chi connectivity index (χ1) is 13.6. The monoisotopic (exact) mass is 404 g/mol. The standard InChI is InChI=1S/C20H42O2.C3H6O3/c1-2-3-4-5-6-7-8-9-10-11-12-13-14-15-16-17-19-22-20-18-21;1-2(4)3(5)6/h21H,2-20H2,1H3;2,4H,1H3,(H,5,6). The fourth-order valence-electron chi connectivity index (χ4n) is 2.92. The lowest BCUT2D eigenvalue weighted by molar-refractivity contribution is -0.145. The Bertz CT molecular complexity index is 275. The van der Waals surface area contributed by atoms with Crippen LogP contribution in [0.5, 0.6) is 0 Å². The number of aliphatic hydroxyl groups is 2. The van der Waals surface area contributed by atoms with Crippen LogP contribution in [0.1, 0.15) is 117 Å². The molecule has 3 N–H and O–H groups in total. The molecule has 0 saturated heterocycles. The van der Waals surface area contributed by atoms with E-state index in [-0.39, 0.29) is 6.61 Å². The average Bonchev–Trinajstić information content (AvgIpc) is 2.67. The lowest BCUT2D eigenvalue weighted by Crippen LogP contribution is -2.13. The molecule has 0 saturated carbocycles. The van der Waals surface area contributed by atoms with E-state index in [1.165, 1.54) is 103 Å². The Hall–Kier alpha value is -0.650. The fraction of sp³-hybridized carbons (Fsp3) is 0.957. The van der Waals surface area contributed by atoms with Crippen LogP contribution < -0.4 is 0 Å². The van der Waals surface area contributed by atoms with Gasteiger partial charge in [-0.15, -0.1) is 0 Å². The largest absolute Gasteiger partial charge is 0.479 e. The molecule has 0 radical (unpaired) electrons. The van der Waals surface area contributed by atoms with Crippen molar-refractivity contribution in [2.75, 3.05) is 19.8 Å². The zero-order valence-electron chi connectivity index (χ0n) is 18.7. The van der Waals surface area contributed by atoms with Crippen LogP contribution in [0.2, 0.25) is 0 Å². The molecular formula is C23H48O5. The number of hydrogen-bond donors (Lipinski definition) is 3. The third kappa shape index (κ3) is 30.1. The average molecular weight is 405 g/mol. The quantitative estimate of drug-likeness (QED) is 0.226. The maximum Gasteiger partial charge on any atom is 0.332 e. The van der Waals surface area contributed by atoms with Crippen LogP contribution in [-0.2, 0) is 9.53 Å². The SMILES string of the molecule is CC(O)C(=O)O.CCCCCCCCCCCCCCCCCCOCCO. The summed E-state index contributed by atoms with van der Waals surface area (Å²) in [5.41, 5.74) is 0. The first-order valence-corrected chi connectivity index (χ1v) is 11.7. The maximum atomic E-state index is 9.45. The van der Waals surface area contributed by atoms with E-state index in [0.29, 0.717) is 6.61 Å². The molecule has 0 heterocycles. The lowest BCUT2D eigenvalue weighted by Gasteiger charge is -2.04. The number of carboxylic acid groups (broad SMARTS) is 1. The predicted octanol–water partition coefficient (Wildman–Crippen LogP) is 5.71. The van der Waals surface area contributed by atoms with Crippen molar-refractivity contribution in [2.24, 2.45) is 0 Å². The van der Waals surface area contributed by atoms with Gasteiger partial charge in [0.15, 0.2) is 0 Å². The van der Waals surface area contributed by atoms with Crippen LogP contribution in [0, 0.1) is 0 Å². The molecule has 0 fully saturated rings. The van der Waals surface area contributed by atoms with Gasteiger partial charge < -0.3 is 20.1 Å². The van der Waals surface area contributed by atoms with E-state index in [2.05, 4.69) is 6.92 Å². The number of hydrogen-bond acceptors (Lipinski definition) is 4. The van der Waals surface area contributed by atoms with Crippen molar-refractivity contribution in [3.05, 3.63) is 0 Å². The molecule has 0 aromatic heterocycles. The number of unbranched alkanes of at least 4 members (excludes halogenated alkanes) is 15. The van der Waals surface area contributed by atoms with Crippen LogP contribution in [0.4, 0.5) is 0 Å². The summed E-state index contributed by atoms with van der Waals surface area (Å²) in [4.78, 5) is 9.45. The van der Waals surface area contributed by atoms with Gasteiger partial charge in [-0.25, -0.2) is 4.79 Å². The van der Waals surface area contributed by atoms with Gasteiger partial charge in [-0.1, -0.05) is 103 Å². The van der Waals surface area contributed by atoms with Crippen molar-refractivity contribution < 1.29 is 24.9 Å². The van der Waals surface area contributed by atoms with Gasteiger partial charge in [0, 0.05) is 6.61 Å². The van der Waals surface area contributed by atoms with Gasteiger partial charge in [0.25, 0.3) is 0 Å². The molecule has 170 valence electrons. The summed E-state index contributed by atoms with van der Waals surface area (Å²) in [5.74, 6) is -1.19. The molecule has 28 heavy (non-hydrogen) atoms. The Kier molecular flexibility index (Phi) is 27.8. The smallest absolute Gasteiger partial charge is 0.332 e. The highest BCUT2D eigenvalue weighted by Crippen LogP contribution is 2.13. The summed E-state index contributed by atoms with van der Waals surface area (Å²) in [6, 6.07) is 0. The molecule has 5 heteroatoms. The third-order valence-electron chi connectivity index (χ3n) is 4.74. The molecule has 0 aromatic rings. The third-order valence-corrected chi connectivity index (χ3v) is 4.74. The van der Waals surface area contributed by atoms with E-state index >= 15 is 0 Å². The second kappa shape index (κ2) is 26.4. The zero-order valence-corrected chi connectivity index (χ0v) is 18.7. The van der Waals surface area contributed by atoms with Crippen LogP contribution >= 0.6 is 0 Å². The van der Waals surface area contributed by atoms with Gasteiger partial charge in [-0.05, 0) is 13.3 Å². The van der Waals surface area contributed by atoms with Crippen molar-refractivity contribution in [3.63, 3.8) is 0 Å². The van der Waals surface area contributed by atoms with Crippen molar-refractivity contribution in [3.8, 4) is 0 Å². The zero-order chi connectivity index (χ0) is 21.3. The van der Waals surface area contributed by atoms with Crippen LogP contribution in [-0.4, -0.2) is 47.2 Å². The molecule has 1 unspecified atom stereocenters. The Morgan fingerprint density at radius 2 is 1.04 bits per heavy atom. The van der Waals surface area contributed by atoms with Crippen molar-refractivity contribution in [1.82, 2.24) is 0 Å². The normalized spacial score (nSPS) is 11.7. The summed E-state index contributed by atoms with van der Waals surface area (Å²) in [7, 11) is 0. The van der Waals surface area contributed by atoms with Crippen molar-refractivity contribution >= 4 is 5.97 Å². The number of rotatable bonds is 20. The summed E-state index contributed by atoms with van der Waals surface area (Å²) < 4.78 is 5.25. The van der Waals surface area contributed by atoms with E-state index in [1.54, 1.807) is 0 Å². The van der Waals surface area contributed by atoms with E-state index in [9.17, 15) is 4.79 Å². The minimum Gasteiger partial charge on any atom is -0.479 e. The highest BCUT2D eigenvalue weighted by Gasteiger charge is 2.01. The number of carboxylic acids is 1. The molecule has 0 rings (SSSR count). The van der Waals surface area contributed by atoms with Gasteiger partial charge in [-0.3, -0.25) is 0 Å². The number of carbonyl (C=O) groups is 1. The van der Waals surface area contributed by atoms with Gasteiger partial charge in [-0.2, -0.15) is 0 Å². The topological polar surface area (TPSA) is 87.0 Å². The molecule has 5 nitrogen and oxygen atoms in total. The van der Waals surface area contributed by atoms with Gasteiger partial charge >= 0.3 is 5.97 Å². The molecule has 0 aliphatic heterocycles. The first-order valence-electron chi connectivity index (χ1n) is 11.7. The molecule has 0 spiro atoms. The number of ether oxygens (including phenoxy) is 1. The van der Waals surface area contributed by atoms with E-state index in [4.69, 9.17) is 20.1 Å². The summed E-state index contributed by atoms with van der Waals surface area (Å²) in [6.07, 6.45) is 21.2. The second-order valence-corrected chi connectivity index (χ2v) is 7.65. The lowest BCUT2D eigenvalue weighted by atomic mass is 10.0. The Balaban J connectivity index is 0. The van der Waals surface area contributed by atoms with Crippen LogP contribution in [0.3, 0.4) is 0 Å². The highest BCUT2D eigenvalue weighted by atomic mass is 16.5. The van der Waals surface area contributed by atoms with E-state index in [1.807, 2.05) is 0 Å². The first kappa shape index (κ1) is 29.6. The summed E-state index contributed by atoms with van der Waals surface area (Å²) >= 11 is 0. The second-order valence-electron chi connectivity index (χ2n) is 7.65. The predicted molar refractivity (Wildman–Crippen MR) is 117 cm³/mol. The molecule has 0 aliphatic carbocycles. The minimum atomic E-state index is -1.23. The molecule has 0 amide bonds. The van der Waals surface area contributed by atoms with Crippen LogP contribution in [0.25, 0.3) is 0 Å². The number of aliphatic hydroxyl groups excluding tert-OH is 2. The fourth-order valence-corrected chi connectivity index (χ4v) is 2.92. The maximum absolute atomic E-state index is 9.45. The van der Waals surface area contributed by atoms with E-state index in [0.717, 1.165) is 13.0 Å². The van der Waals surface area contributed by atoms with Gasteiger partial charge in [0.05, 0.1) is 13.2 Å². The minimum absolute atomic E-state index is 0.152. The molecule has 0 aromatic carbocycles. The van der Waals surface area contributed by atoms with Gasteiger partial charge in [0.1, 0.15) is 6.10 Å². The molecule has 0 bridgehead atoms. The molecule has 1 atom stereocenters. The van der Waals surface area contributed by atoms with Crippen LogP contribution in [0.15, 0.2) is 0 Å². The van der Waals surface area contributed by atoms with Crippen molar-refractivity contribution in [2.45, 2.75) is 123 Å². The Labute approximate surface area is 173 Å².